The van der Waals surface area contributed by atoms with Crippen molar-refractivity contribution in [1.29, 1.82) is 0 Å². The van der Waals surface area contributed by atoms with E-state index < -0.39 is 35.4 Å². The molecule has 1 atom stereocenters. The molecule has 0 aliphatic carbocycles. The van der Waals surface area contributed by atoms with Gasteiger partial charge in [-0.25, -0.2) is 19.3 Å². The molecule has 174 valence electrons. The molecular weight excluding hydrogens is 490 g/mol. The van der Waals surface area contributed by atoms with Gasteiger partial charge in [-0.05, 0) is 25.1 Å². The van der Waals surface area contributed by atoms with Gasteiger partial charge in [0.2, 0.25) is 5.88 Å². The molecule has 3 aromatic rings. The summed E-state index contributed by atoms with van der Waals surface area (Å²) in [7, 11) is 1.33. The van der Waals surface area contributed by atoms with Crippen molar-refractivity contribution in [3.05, 3.63) is 62.7 Å². The summed E-state index contributed by atoms with van der Waals surface area (Å²) in [6.45, 7) is 1.60. The monoisotopic (exact) mass is 503 g/mol. The minimum atomic E-state index is -4.91. The summed E-state index contributed by atoms with van der Waals surface area (Å²) >= 11 is 6.94. The van der Waals surface area contributed by atoms with Gasteiger partial charge in [0.1, 0.15) is 27.1 Å². The molecule has 14 heteroatoms. The molecule has 1 aromatic carbocycles. The van der Waals surface area contributed by atoms with Crippen molar-refractivity contribution >= 4 is 40.4 Å². The number of carbonyl (C=O) groups excluding carboxylic acids is 2. The molecule has 1 unspecified atom stereocenters. The Labute approximate surface area is 193 Å². The van der Waals surface area contributed by atoms with Crippen LogP contribution in [0, 0.1) is 5.82 Å². The molecule has 0 fully saturated rings. The number of methoxy groups -OCH3 is 1. The van der Waals surface area contributed by atoms with Crippen LogP contribution in [0.15, 0.2) is 30.7 Å². The third kappa shape index (κ3) is 5.54. The minimum Gasteiger partial charge on any atom is -0.480 e. The van der Waals surface area contributed by atoms with Gasteiger partial charge in [-0.2, -0.15) is 13.2 Å². The Balaban J connectivity index is 1.70. The Morgan fingerprint density at radius 2 is 1.91 bits per heavy atom. The molecule has 0 spiro atoms. The quantitative estimate of drug-likeness (QED) is 0.480. The highest BCUT2D eigenvalue weighted by Crippen LogP contribution is 2.33. The van der Waals surface area contributed by atoms with Crippen molar-refractivity contribution in [2.24, 2.45) is 0 Å². The summed E-state index contributed by atoms with van der Waals surface area (Å²) in [5, 5.41) is 5.14. The van der Waals surface area contributed by atoms with Crippen LogP contribution in [0.3, 0.4) is 0 Å². The lowest BCUT2D eigenvalue weighted by molar-refractivity contribution is -0.139. The maximum atomic E-state index is 13.4. The first-order valence-corrected chi connectivity index (χ1v) is 10.2. The topological polar surface area (TPSA) is 106 Å². The number of anilines is 1. The lowest BCUT2D eigenvalue weighted by Crippen LogP contribution is -2.27. The maximum Gasteiger partial charge on any atom is 0.419 e. The number of alkyl halides is 3. The van der Waals surface area contributed by atoms with E-state index in [1.807, 2.05) is 0 Å². The molecule has 2 N–H and O–H groups in total. The van der Waals surface area contributed by atoms with Gasteiger partial charge in [-0.1, -0.05) is 11.6 Å². The van der Waals surface area contributed by atoms with Crippen molar-refractivity contribution < 1.29 is 31.9 Å². The van der Waals surface area contributed by atoms with Gasteiger partial charge in [0.15, 0.2) is 5.69 Å². The highest BCUT2D eigenvalue weighted by atomic mass is 35.5. The number of halogens is 5. The second-order valence-electron chi connectivity index (χ2n) is 6.45. The Bertz CT molecular complexity index is 1200. The summed E-state index contributed by atoms with van der Waals surface area (Å²) in [4.78, 5) is 36.6. The van der Waals surface area contributed by atoms with Gasteiger partial charge in [-0.3, -0.25) is 9.59 Å². The van der Waals surface area contributed by atoms with Crippen LogP contribution in [-0.4, -0.2) is 33.9 Å². The first kappa shape index (κ1) is 24.3. The fraction of sp³-hybridized carbons (Fsp3) is 0.211. The number of carbonyl (C=O) groups is 2. The summed E-state index contributed by atoms with van der Waals surface area (Å²) < 4.78 is 56.9. The number of thiazole rings is 1. The van der Waals surface area contributed by atoms with Crippen molar-refractivity contribution in [3.8, 4) is 5.88 Å². The van der Waals surface area contributed by atoms with E-state index in [-0.39, 0.29) is 27.2 Å². The van der Waals surface area contributed by atoms with E-state index in [1.165, 1.54) is 13.3 Å². The van der Waals surface area contributed by atoms with E-state index in [1.54, 1.807) is 6.92 Å². The number of nitrogens with zero attached hydrogens (tertiary/aromatic N) is 3. The van der Waals surface area contributed by atoms with E-state index >= 15 is 0 Å². The summed E-state index contributed by atoms with van der Waals surface area (Å²) in [5.41, 5.74) is -1.86. The third-order valence-corrected chi connectivity index (χ3v) is 5.68. The van der Waals surface area contributed by atoms with Crippen LogP contribution >= 0.6 is 22.9 Å². The summed E-state index contributed by atoms with van der Waals surface area (Å²) in [6, 6.07) is 1.45. The number of aromatic nitrogens is 3. The van der Waals surface area contributed by atoms with Gasteiger partial charge in [0.05, 0.1) is 24.9 Å². The van der Waals surface area contributed by atoms with E-state index in [9.17, 15) is 27.2 Å². The SMILES string of the molecule is COc1ncnc(C(=O)NC(C)c2ncc(C(=O)Nc3ccc(F)c(C(F)(F)F)c3)s2)c1Cl. The first-order chi connectivity index (χ1) is 15.5. The molecule has 2 aromatic heterocycles. The molecule has 2 amide bonds. The zero-order chi connectivity index (χ0) is 24.3. The highest BCUT2D eigenvalue weighted by Gasteiger charge is 2.34. The highest BCUT2D eigenvalue weighted by molar-refractivity contribution is 7.13. The molecule has 33 heavy (non-hydrogen) atoms. The predicted molar refractivity (Wildman–Crippen MR) is 111 cm³/mol. The zero-order valence-corrected chi connectivity index (χ0v) is 18.4. The number of hydrogen-bond acceptors (Lipinski definition) is 7. The van der Waals surface area contributed by atoms with Gasteiger partial charge >= 0.3 is 6.18 Å². The largest absolute Gasteiger partial charge is 0.480 e. The van der Waals surface area contributed by atoms with Crippen LogP contribution in [0.5, 0.6) is 5.88 Å². The van der Waals surface area contributed by atoms with Crippen LogP contribution in [0.25, 0.3) is 0 Å². The van der Waals surface area contributed by atoms with Gasteiger partial charge in [0.25, 0.3) is 11.8 Å². The van der Waals surface area contributed by atoms with Crippen molar-refractivity contribution in [3.63, 3.8) is 0 Å². The van der Waals surface area contributed by atoms with Crippen molar-refractivity contribution in [1.82, 2.24) is 20.3 Å². The lowest BCUT2D eigenvalue weighted by atomic mass is 10.2. The number of nitrogens with one attached hydrogen (secondary N) is 2. The van der Waals surface area contributed by atoms with Gasteiger partial charge in [0, 0.05) is 5.69 Å². The average Bonchev–Trinajstić information content (AvgIpc) is 3.25. The first-order valence-electron chi connectivity index (χ1n) is 9.00. The molecule has 0 saturated heterocycles. The van der Waals surface area contributed by atoms with Crippen LogP contribution in [0.4, 0.5) is 23.2 Å². The average molecular weight is 504 g/mol. The summed E-state index contributed by atoms with van der Waals surface area (Å²) in [5.74, 6) is -2.82. The molecule has 0 saturated carbocycles. The third-order valence-electron chi connectivity index (χ3n) is 4.16. The van der Waals surface area contributed by atoms with Gasteiger partial charge < -0.3 is 15.4 Å². The van der Waals surface area contributed by atoms with Crippen molar-refractivity contribution in [2.75, 3.05) is 12.4 Å². The van der Waals surface area contributed by atoms with Crippen LogP contribution < -0.4 is 15.4 Å². The van der Waals surface area contributed by atoms with Crippen LogP contribution in [0.2, 0.25) is 5.02 Å². The van der Waals surface area contributed by atoms with E-state index in [0.717, 1.165) is 23.7 Å². The minimum absolute atomic E-state index is 0.0205. The van der Waals surface area contributed by atoms with Crippen LogP contribution in [-0.2, 0) is 6.18 Å². The fourth-order valence-corrected chi connectivity index (χ4v) is 3.66. The maximum absolute atomic E-state index is 13.4. The second kappa shape index (κ2) is 9.67. The Hall–Kier alpha value is -3.32. The molecule has 0 aliphatic heterocycles. The molecule has 3 rings (SSSR count). The Morgan fingerprint density at radius 3 is 2.58 bits per heavy atom. The Morgan fingerprint density at radius 1 is 1.18 bits per heavy atom. The smallest absolute Gasteiger partial charge is 0.419 e. The fourth-order valence-electron chi connectivity index (χ4n) is 2.59. The summed E-state index contributed by atoms with van der Waals surface area (Å²) in [6.07, 6.45) is -2.60. The molecule has 0 aliphatic rings. The molecular formula is C19H14ClF4N5O3S. The molecule has 2 heterocycles. The second-order valence-corrected chi connectivity index (χ2v) is 7.89. The molecule has 0 radical (unpaired) electrons. The van der Waals surface area contributed by atoms with Crippen LogP contribution in [0.1, 0.15) is 43.7 Å². The van der Waals surface area contributed by atoms with E-state index in [0.29, 0.717) is 17.1 Å². The van der Waals surface area contributed by atoms with Gasteiger partial charge in [-0.15, -0.1) is 11.3 Å². The zero-order valence-electron chi connectivity index (χ0n) is 16.8. The number of benzene rings is 1. The lowest BCUT2D eigenvalue weighted by Gasteiger charge is -2.12. The number of hydrogen-bond donors (Lipinski definition) is 2. The molecule has 0 bridgehead atoms. The Kier molecular flexibility index (Phi) is 7.12. The van der Waals surface area contributed by atoms with Crippen molar-refractivity contribution in [2.45, 2.75) is 19.1 Å². The number of amides is 2. The number of ether oxygens (including phenoxy) is 1. The predicted octanol–water partition coefficient (Wildman–Crippen LogP) is 4.50. The number of rotatable bonds is 6. The molecule has 8 nitrogen and oxygen atoms in total. The standard InChI is InChI=1S/C19H14ClF4N5O3S/c1-8(28-16(31)14-13(20)17(32-2)27-7-26-14)18-25-6-12(33-18)15(30)29-9-3-4-11(21)10(5-9)19(22,23)24/h3-8H,1-2H3,(H,28,31)(H,29,30). The van der Waals surface area contributed by atoms with E-state index in [4.69, 9.17) is 16.3 Å². The normalized spacial score (nSPS) is 12.2. The van der Waals surface area contributed by atoms with E-state index in [2.05, 4.69) is 25.6 Å².